The van der Waals surface area contributed by atoms with Crippen LogP contribution in [0.5, 0.6) is 0 Å². The van der Waals surface area contributed by atoms with Crippen molar-refractivity contribution in [3.05, 3.63) is 72.7 Å². The normalized spacial score (nSPS) is 14.5. The monoisotopic (exact) mass is 198 g/mol. The largest absolute Gasteiger partial charge is 0.472 e. The first-order chi connectivity index (χ1) is 7.27. The second-order valence-corrected chi connectivity index (χ2v) is 3.78. The van der Waals surface area contributed by atoms with Crippen LogP contribution >= 0.6 is 0 Å². The van der Waals surface area contributed by atoms with Gasteiger partial charge in [0.15, 0.2) is 0 Å². The van der Waals surface area contributed by atoms with Gasteiger partial charge in [0.2, 0.25) is 0 Å². The van der Waals surface area contributed by atoms with Crippen molar-refractivity contribution in [2.24, 2.45) is 0 Å². The van der Waals surface area contributed by atoms with Gasteiger partial charge in [0.05, 0.1) is 12.5 Å². The summed E-state index contributed by atoms with van der Waals surface area (Å²) in [5, 5.41) is 0. The molecule has 0 aliphatic carbocycles. The van der Waals surface area contributed by atoms with E-state index in [0.717, 1.165) is 5.56 Å². The van der Waals surface area contributed by atoms with Gasteiger partial charge in [0.1, 0.15) is 0 Å². The summed E-state index contributed by atoms with van der Waals surface area (Å²) in [4.78, 5) is 0. The van der Waals surface area contributed by atoms with Crippen molar-refractivity contribution in [3.63, 3.8) is 0 Å². The van der Waals surface area contributed by atoms with Crippen LogP contribution in [0.25, 0.3) is 0 Å². The van der Waals surface area contributed by atoms with Gasteiger partial charge in [0, 0.05) is 11.0 Å². The molecular weight excluding hydrogens is 184 g/mol. The van der Waals surface area contributed by atoms with Crippen molar-refractivity contribution >= 4 is 0 Å². The molecule has 0 amide bonds. The molecular formula is C14H14O. The summed E-state index contributed by atoms with van der Waals surface area (Å²) in [5.41, 5.74) is 2.18. The van der Waals surface area contributed by atoms with E-state index in [0.29, 0.717) is 0 Å². The maximum Gasteiger partial charge on any atom is 0.0946 e. The van der Waals surface area contributed by atoms with Crippen LogP contribution in [0.3, 0.4) is 0 Å². The summed E-state index contributed by atoms with van der Waals surface area (Å²) in [5.74, 6) is 0. The van der Waals surface area contributed by atoms with E-state index in [2.05, 4.69) is 25.6 Å². The Kier molecular flexibility index (Phi) is 2.46. The summed E-state index contributed by atoms with van der Waals surface area (Å²) in [7, 11) is 0. The molecule has 0 saturated carbocycles. The van der Waals surface area contributed by atoms with Crippen LogP contribution in [-0.2, 0) is 5.41 Å². The lowest BCUT2D eigenvalue weighted by atomic mass is 9.78. The highest BCUT2D eigenvalue weighted by molar-refractivity contribution is 5.41. The lowest BCUT2D eigenvalue weighted by Gasteiger charge is -2.24. The highest BCUT2D eigenvalue weighted by Crippen LogP contribution is 2.32. The topological polar surface area (TPSA) is 13.1 Å². The van der Waals surface area contributed by atoms with E-state index in [9.17, 15) is 0 Å². The molecule has 2 rings (SSSR count). The van der Waals surface area contributed by atoms with E-state index >= 15 is 0 Å². The fourth-order valence-corrected chi connectivity index (χ4v) is 1.75. The third kappa shape index (κ3) is 1.61. The number of hydrogen-bond acceptors (Lipinski definition) is 1. The van der Waals surface area contributed by atoms with Crippen molar-refractivity contribution in [1.82, 2.24) is 0 Å². The lowest BCUT2D eigenvalue weighted by Crippen LogP contribution is -2.19. The molecule has 0 bridgehead atoms. The average molecular weight is 198 g/mol. The SMILES string of the molecule is C=C[C@@](C)(c1ccccc1)c1ccoc1. The molecule has 76 valence electrons. The molecule has 0 aliphatic rings. The summed E-state index contributed by atoms with van der Waals surface area (Å²) in [6.45, 7) is 6.06. The first-order valence-electron chi connectivity index (χ1n) is 4.99. The van der Waals surface area contributed by atoms with E-state index < -0.39 is 0 Å². The molecule has 1 aromatic heterocycles. The quantitative estimate of drug-likeness (QED) is 0.684. The van der Waals surface area contributed by atoms with Gasteiger partial charge in [0.25, 0.3) is 0 Å². The molecule has 0 radical (unpaired) electrons. The van der Waals surface area contributed by atoms with Gasteiger partial charge in [-0.25, -0.2) is 0 Å². The fourth-order valence-electron chi connectivity index (χ4n) is 1.75. The Hall–Kier alpha value is -1.76. The Morgan fingerprint density at radius 2 is 1.87 bits per heavy atom. The molecule has 0 spiro atoms. The van der Waals surface area contributed by atoms with Gasteiger partial charge in [-0.2, -0.15) is 0 Å². The zero-order valence-electron chi connectivity index (χ0n) is 8.81. The number of rotatable bonds is 3. The lowest BCUT2D eigenvalue weighted by molar-refractivity contribution is 0.557. The fraction of sp³-hybridized carbons (Fsp3) is 0.143. The molecule has 1 heteroatoms. The zero-order valence-corrected chi connectivity index (χ0v) is 8.81. The predicted molar refractivity (Wildman–Crippen MR) is 61.8 cm³/mol. The van der Waals surface area contributed by atoms with Crippen LogP contribution in [-0.4, -0.2) is 0 Å². The minimum Gasteiger partial charge on any atom is -0.472 e. The Balaban J connectivity index is 2.52. The molecule has 1 atom stereocenters. The third-order valence-electron chi connectivity index (χ3n) is 2.90. The van der Waals surface area contributed by atoms with Crippen LogP contribution < -0.4 is 0 Å². The van der Waals surface area contributed by atoms with Crippen molar-refractivity contribution in [3.8, 4) is 0 Å². The zero-order chi connectivity index (χ0) is 10.7. The van der Waals surface area contributed by atoms with Gasteiger partial charge in [-0.15, -0.1) is 6.58 Å². The van der Waals surface area contributed by atoms with Crippen LogP contribution in [0.4, 0.5) is 0 Å². The van der Waals surface area contributed by atoms with Crippen LogP contribution in [0, 0.1) is 0 Å². The first-order valence-corrected chi connectivity index (χ1v) is 4.99. The maximum atomic E-state index is 5.14. The summed E-state index contributed by atoms with van der Waals surface area (Å²) in [6, 6.07) is 12.3. The summed E-state index contributed by atoms with van der Waals surface area (Å²) in [6.07, 6.45) is 5.42. The van der Waals surface area contributed by atoms with Crippen LogP contribution in [0.1, 0.15) is 18.1 Å². The second-order valence-electron chi connectivity index (χ2n) is 3.78. The summed E-state index contributed by atoms with van der Waals surface area (Å²) < 4.78 is 5.14. The van der Waals surface area contributed by atoms with Crippen molar-refractivity contribution < 1.29 is 4.42 Å². The van der Waals surface area contributed by atoms with Crippen molar-refractivity contribution in [2.75, 3.05) is 0 Å². The molecule has 0 saturated heterocycles. The van der Waals surface area contributed by atoms with E-state index in [-0.39, 0.29) is 5.41 Å². The number of hydrogen-bond donors (Lipinski definition) is 0. The standard InChI is InChI=1S/C14H14O/c1-3-14(2,13-9-10-15-11-13)12-7-5-4-6-8-12/h3-11H,1H2,2H3/t14-/m0/s1. The van der Waals surface area contributed by atoms with E-state index in [4.69, 9.17) is 4.42 Å². The Labute approximate surface area is 90.1 Å². The number of benzene rings is 1. The first kappa shape index (κ1) is 9.78. The van der Waals surface area contributed by atoms with Crippen molar-refractivity contribution in [1.29, 1.82) is 0 Å². The smallest absolute Gasteiger partial charge is 0.0946 e. The Morgan fingerprint density at radius 1 is 1.13 bits per heavy atom. The maximum absolute atomic E-state index is 5.14. The minimum atomic E-state index is -0.172. The molecule has 15 heavy (non-hydrogen) atoms. The van der Waals surface area contributed by atoms with Gasteiger partial charge >= 0.3 is 0 Å². The van der Waals surface area contributed by atoms with Gasteiger partial charge < -0.3 is 4.42 Å². The van der Waals surface area contributed by atoms with Gasteiger partial charge in [-0.05, 0) is 18.6 Å². The van der Waals surface area contributed by atoms with Crippen molar-refractivity contribution in [2.45, 2.75) is 12.3 Å². The van der Waals surface area contributed by atoms with E-state index in [1.807, 2.05) is 30.3 Å². The molecule has 0 fully saturated rings. The molecule has 0 aliphatic heterocycles. The van der Waals surface area contributed by atoms with Gasteiger partial charge in [-0.1, -0.05) is 36.4 Å². The van der Waals surface area contributed by atoms with Crippen LogP contribution in [0.15, 0.2) is 66.0 Å². The van der Waals surface area contributed by atoms with Gasteiger partial charge in [-0.3, -0.25) is 0 Å². The highest BCUT2D eigenvalue weighted by Gasteiger charge is 2.25. The predicted octanol–water partition coefficient (Wildman–Crippen LogP) is 3.77. The second kappa shape index (κ2) is 3.77. The summed E-state index contributed by atoms with van der Waals surface area (Å²) >= 11 is 0. The molecule has 0 unspecified atom stereocenters. The average Bonchev–Trinajstić information content (AvgIpc) is 2.83. The molecule has 0 N–H and O–H groups in total. The third-order valence-corrected chi connectivity index (χ3v) is 2.90. The van der Waals surface area contributed by atoms with E-state index in [1.165, 1.54) is 5.56 Å². The Morgan fingerprint density at radius 3 is 2.40 bits per heavy atom. The molecule has 1 heterocycles. The molecule has 1 aromatic carbocycles. The molecule has 2 aromatic rings. The molecule has 1 nitrogen and oxygen atoms in total. The Bertz CT molecular complexity index is 428. The van der Waals surface area contributed by atoms with Crippen LogP contribution in [0.2, 0.25) is 0 Å². The minimum absolute atomic E-state index is 0.172. The number of allylic oxidation sites excluding steroid dienone is 1. The highest BCUT2D eigenvalue weighted by atomic mass is 16.3. The number of furan rings is 1. The van der Waals surface area contributed by atoms with E-state index in [1.54, 1.807) is 12.5 Å².